The minimum absolute atomic E-state index is 0.530. The summed E-state index contributed by atoms with van der Waals surface area (Å²) < 4.78 is 2.15. The van der Waals surface area contributed by atoms with Crippen LogP contribution in [0.5, 0.6) is 0 Å². The van der Waals surface area contributed by atoms with Crippen molar-refractivity contribution in [3.8, 4) is 0 Å². The first-order valence-electron chi connectivity index (χ1n) is 8.18. The first-order valence-corrected chi connectivity index (χ1v) is 9.55. The number of amidine groups is 1. The maximum Gasteiger partial charge on any atom is 0.316 e. The topological polar surface area (TPSA) is 26.5 Å². The van der Waals surface area contributed by atoms with Gasteiger partial charge in [0.25, 0.3) is 5.72 Å². The molecule has 0 fully saturated rings. The molecule has 24 heavy (non-hydrogen) atoms. The number of halogens is 1. The van der Waals surface area contributed by atoms with E-state index in [1.807, 2.05) is 36.0 Å². The van der Waals surface area contributed by atoms with Crippen molar-refractivity contribution in [1.29, 1.82) is 0 Å². The highest BCUT2D eigenvalue weighted by atomic mass is 35.5. The fourth-order valence-corrected chi connectivity index (χ4v) is 4.82. The number of para-hydroxylation sites is 1. The van der Waals surface area contributed by atoms with Crippen molar-refractivity contribution in [2.45, 2.75) is 19.1 Å². The number of hydrogen-bond donors (Lipinski definition) is 1. The third kappa shape index (κ3) is 2.53. The Hall–Kier alpha value is -1.49. The lowest BCUT2D eigenvalue weighted by molar-refractivity contribution is -0.656. The molecule has 0 unspecified atom stereocenters. The van der Waals surface area contributed by atoms with Gasteiger partial charge in [-0.05, 0) is 48.9 Å². The molecule has 0 radical (unpaired) electrons. The Bertz CT molecular complexity index is 805. The molecule has 0 saturated heterocycles. The van der Waals surface area contributed by atoms with E-state index in [0.29, 0.717) is 11.6 Å². The van der Waals surface area contributed by atoms with E-state index < -0.39 is 5.72 Å². The zero-order chi connectivity index (χ0) is 16.7. The summed E-state index contributed by atoms with van der Waals surface area (Å²) in [5.41, 5.74) is 2.26. The Kier molecular flexibility index (Phi) is 4.07. The summed E-state index contributed by atoms with van der Waals surface area (Å²) in [5.74, 6) is 1.09. The van der Waals surface area contributed by atoms with Gasteiger partial charge in [-0.15, -0.1) is 0 Å². The molecule has 2 heterocycles. The van der Waals surface area contributed by atoms with Crippen molar-refractivity contribution in [2.24, 2.45) is 0 Å². The molecule has 2 aliphatic rings. The van der Waals surface area contributed by atoms with Gasteiger partial charge in [0.05, 0.1) is 6.54 Å². The van der Waals surface area contributed by atoms with E-state index in [1.54, 1.807) is 0 Å². The van der Waals surface area contributed by atoms with Crippen LogP contribution in [-0.2, 0) is 5.72 Å². The molecular weight excluding hydrogens is 340 g/mol. The monoisotopic (exact) mass is 359 g/mol. The van der Waals surface area contributed by atoms with Gasteiger partial charge in [0, 0.05) is 16.3 Å². The fraction of sp³-hybridized carbons (Fsp3) is 0.316. The van der Waals surface area contributed by atoms with E-state index in [1.165, 1.54) is 5.56 Å². The highest BCUT2D eigenvalue weighted by Gasteiger charge is 2.53. The lowest BCUT2D eigenvalue weighted by Crippen LogP contribution is -2.41. The van der Waals surface area contributed by atoms with E-state index in [4.69, 9.17) is 11.6 Å². The number of anilines is 1. The number of hydrogen-bond acceptors (Lipinski definition) is 3. The Balaban J connectivity index is 1.82. The second-order valence-corrected chi connectivity index (χ2v) is 7.83. The number of aliphatic hydroxyl groups is 1. The highest BCUT2D eigenvalue weighted by Crippen LogP contribution is 2.38. The molecule has 1 atom stereocenters. The first-order chi connectivity index (χ1) is 11.6. The fourth-order valence-electron chi connectivity index (χ4n) is 3.52. The van der Waals surface area contributed by atoms with Gasteiger partial charge in [0.1, 0.15) is 5.69 Å². The van der Waals surface area contributed by atoms with Gasteiger partial charge >= 0.3 is 5.17 Å². The molecule has 124 valence electrons. The van der Waals surface area contributed by atoms with Gasteiger partial charge in [-0.2, -0.15) is 0 Å². The Morgan fingerprint density at radius 3 is 2.67 bits per heavy atom. The molecule has 0 aromatic heterocycles. The second kappa shape index (κ2) is 6.10. The maximum atomic E-state index is 11.6. The molecule has 0 aliphatic carbocycles. The molecule has 2 aliphatic heterocycles. The van der Waals surface area contributed by atoms with Gasteiger partial charge in [0.15, 0.2) is 6.54 Å². The largest absolute Gasteiger partial charge is 0.346 e. The average molecular weight is 360 g/mol. The molecule has 0 spiro atoms. The third-order valence-electron chi connectivity index (χ3n) is 4.76. The van der Waals surface area contributed by atoms with Crippen LogP contribution in [0.4, 0.5) is 5.69 Å². The van der Waals surface area contributed by atoms with E-state index in [2.05, 4.69) is 40.7 Å². The van der Waals surface area contributed by atoms with Crippen LogP contribution in [0.3, 0.4) is 0 Å². The highest BCUT2D eigenvalue weighted by molar-refractivity contribution is 8.13. The molecule has 5 heteroatoms. The summed E-state index contributed by atoms with van der Waals surface area (Å²) in [5, 5.41) is 13.4. The van der Waals surface area contributed by atoms with Gasteiger partial charge in [-0.25, -0.2) is 9.48 Å². The van der Waals surface area contributed by atoms with Crippen molar-refractivity contribution < 1.29 is 9.68 Å². The molecule has 1 N–H and O–H groups in total. The summed E-state index contributed by atoms with van der Waals surface area (Å²) in [6, 6.07) is 15.9. The number of β-amino-alcohol motifs (C(OH)–C–C–N with tert-alkyl or cyclic N) is 1. The first kappa shape index (κ1) is 16.0. The predicted molar refractivity (Wildman–Crippen MR) is 101 cm³/mol. The molecule has 3 nitrogen and oxygen atoms in total. The normalized spacial score (nSPS) is 23.5. The van der Waals surface area contributed by atoms with Crippen LogP contribution in [0.25, 0.3) is 0 Å². The number of thioether (sulfide) groups is 1. The predicted octanol–water partition coefficient (Wildman–Crippen LogP) is 3.82. The molecule has 2 aromatic carbocycles. The number of benzene rings is 2. The Labute approximate surface area is 151 Å². The van der Waals surface area contributed by atoms with Crippen LogP contribution in [0.15, 0.2) is 48.5 Å². The average Bonchev–Trinajstić information content (AvgIpc) is 2.90. The van der Waals surface area contributed by atoms with E-state index >= 15 is 0 Å². The van der Waals surface area contributed by atoms with Gasteiger partial charge in [0.2, 0.25) is 0 Å². The van der Waals surface area contributed by atoms with Crippen LogP contribution < -0.4 is 4.90 Å². The van der Waals surface area contributed by atoms with Crippen LogP contribution in [0, 0.1) is 6.92 Å². The quantitative estimate of drug-likeness (QED) is 0.826. The Morgan fingerprint density at radius 1 is 1.17 bits per heavy atom. The van der Waals surface area contributed by atoms with E-state index in [0.717, 1.165) is 35.1 Å². The standard InChI is InChI=1S/C19H20ClN2OS/c1-14-5-2-3-6-17(14)21-13-19(23,15-7-9-16(20)10-8-15)22-11-4-12-24-18(21)22/h2-3,5-10,23H,4,11-13H2,1H3/q+1/t19-/m1/s1. The molecule has 0 bridgehead atoms. The smallest absolute Gasteiger partial charge is 0.316 e. The summed E-state index contributed by atoms with van der Waals surface area (Å²) in [7, 11) is 0. The molecular formula is C19H20ClN2OS+. The van der Waals surface area contributed by atoms with E-state index in [-0.39, 0.29) is 0 Å². The minimum Gasteiger partial charge on any atom is -0.346 e. The summed E-state index contributed by atoms with van der Waals surface area (Å²) in [4.78, 5) is 2.26. The molecule has 0 amide bonds. The lowest BCUT2D eigenvalue weighted by Gasteiger charge is -2.24. The van der Waals surface area contributed by atoms with Crippen LogP contribution in [-0.4, -0.2) is 33.7 Å². The van der Waals surface area contributed by atoms with Crippen molar-refractivity contribution in [3.05, 3.63) is 64.7 Å². The number of nitrogens with zero attached hydrogens (tertiary/aromatic N) is 2. The molecule has 2 aromatic rings. The van der Waals surface area contributed by atoms with Crippen LogP contribution in [0.2, 0.25) is 5.02 Å². The van der Waals surface area contributed by atoms with Gasteiger partial charge in [-0.3, -0.25) is 0 Å². The van der Waals surface area contributed by atoms with E-state index in [9.17, 15) is 5.11 Å². The Morgan fingerprint density at radius 2 is 1.92 bits per heavy atom. The van der Waals surface area contributed by atoms with Crippen molar-refractivity contribution in [2.75, 3.05) is 23.7 Å². The molecule has 0 saturated carbocycles. The van der Waals surface area contributed by atoms with Crippen molar-refractivity contribution >= 4 is 34.2 Å². The van der Waals surface area contributed by atoms with Crippen LogP contribution in [0.1, 0.15) is 17.5 Å². The maximum absolute atomic E-state index is 11.6. The summed E-state index contributed by atoms with van der Waals surface area (Å²) >= 11 is 7.86. The molecule has 4 rings (SSSR count). The minimum atomic E-state index is -1.02. The third-order valence-corrected chi connectivity index (χ3v) is 6.20. The number of rotatable bonds is 2. The lowest BCUT2D eigenvalue weighted by atomic mass is 10.0. The van der Waals surface area contributed by atoms with Crippen molar-refractivity contribution in [1.82, 2.24) is 0 Å². The summed E-state index contributed by atoms with van der Waals surface area (Å²) in [6.45, 7) is 3.51. The van der Waals surface area contributed by atoms with Crippen molar-refractivity contribution in [3.63, 3.8) is 0 Å². The second-order valence-electron chi connectivity index (χ2n) is 6.33. The number of aryl methyl sites for hydroxylation is 1. The zero-order valence-corrected chi connectivity index (χ0v) is 15.1. The summed E-state index contributed by atoms with van der Waals surface area (Å²) in [6.07, 6.45) is 1.08. The van der Waals surface area contributed by atoms with Crippen LogP contribution >= 0.6 is 23.4 Å². The van der Waals surface area contributed by atoms with Gasteiger partial charge < -0.3 is 5.11 Å². The SMILES string of the molecule is Cc1ccccc1N1C[C@@](O)(c2ccc(Cl)cc2)[N+]2=C1SCCC2. The zero-order valence-electron chi connectivity index (χ0n) is 13.6. The van der Waals surface area contributed by atoms with Gasteiger partial charge in [-0.1, -0.05) is 41.9 Å².